The Balaban J connectivity index is 2.23. The maximum Gasteiger partial charge on any atom is 0.127 e. The fourth-order valence-electron chi connectivity index (χ4n) is 1.57. The quantitative estimate of drug-likeness (QED) is 0.821. The third-order valence-corrected chi connectivity index (χ3v) is 2.34. The Labute approximate surface area is 94.5 Å². The number of nitrogens with two attached hydrogens (primary N) is 1. The number of aromatic nitrogens is 2. The van der Waals surface area contributed by atoms with E-state index in [0.29, 0.717) is 6.61 Å². The first-order valence-electron chi connectivity index (χ1n) is 5.29. The van der Waals surface area contributed by atoms with E-state index >= 15 is 0 Å². The lowest BCUT2D eigenvalue weighted by Gasteiger charge is -2.11. The molecule has 0 bridgehead atoms. The summed E-state index contributed by atoms with van der Waals surface area (Å²) < 4.78 is 5.43. The predicted molar refractivity (Wildman–Crippen MR) is 62.2 cm³/mol. The van der Waals surface area contributed by atoms with Gasteiger partial charge in [0.1, 0.15) is 11.6 Å². The van der Waals surface area contributed by atoms with Crippen molar-refractivity contribution in [2.75, 3.05) is 6.61 Å². The molecule has 0 spiro atoms. The number of imidazole rings is 1. The molecule has 1 heterocycles. The Bertz CT molecular complexity index is 439. The summed E-state index contributed by atoms with van der Waals surface area (Å²) in [4.78, 5) is 7.16. The summed E-state index contributed by atoms with van der Waals surface area (Å²) in [6.07, 6.45) is 3.46. The summed E-state index contributed by atoms with van der Waals surface area (Å²) in [6.45, 7) is 2.61. The second kappa shape index (κ2) is 4.81. The second-order valence-electron chi connectivity index (χ2n) is 3.46. The zero-order valence-electron chi connectivity index (χ0n) is 9.18. The maximum absolute atomic E-state index is 6.08. The van der Waals surface area contributed by atoms with E-state index in [9.17, 15) is 0 Å². The van der Waals surface area contributed by atoms with Gasteiger partial charge < -0.3 is 15.5 Å². The Morgan fingerprint density at radius 2 is 2.38 bits per heavy atom. The van der Waals surface area contributed by atoms with E-state index in [1.54, 1.807) is 12.4 Å². The molecule has 0 saturated carbocycles. The fraction of sp³-hybridized carbons (Fsp3) is 0.250. The van der Waals surface area contributed by atoms with Gasteiger partial charge in [0.15, 0.2) is 0 Å². The van der Waals surface area contributed by atoms with Gasteiger partial charge in [-0.3, -0.25) is 0 Å². The van der Waals surface area contributed by atoms with Gasteiger partial charge in [0.2, 0.25) is 0 Å². The van der Waals surface area contributed by atoms with Gasteiger partial charge in [-0.15, -0.1) is 0 Å². The molecule has 2 rings (SSSR count). The second-order valence-corrected chi connectivity index (χ2v) is 3.46. The molecule has 16 heavy (non-hydrogen) atoms. The van der Waals surface area contributed by atoms with Crippen LogP contribution in [0.1, 0.15) is 24.4 Å². The van der Waals surface area contributed by atoms with E-state index < -0.39 is 0 Å². The van der Waals surface area contributed by atoms with Gasteiger partial charge >= 0.3 is 0 Å². The topological polar surface area (TPSA) is 63.9 Å². The Kier molecular flexibility index (Phi) is 3.22. The average Bonchev–Trinajstić information content (AvgIpc) is 2.82. The van der Waals surface area contributed by atoms with Gasteiger partial charge in [0.05, 0.1) is 12.6 Å². The maximum atomic E-state index is 6.08. The van der Waals surface area contributed by atoms with Crippen molar-refractivity contribution in [2.24, 2.45) is 5.73 Å². The SMILES string of the molecule is CCOc1cccc(C(N)c2ncc[nH]2)c1. The fourth-order valence-corrected chi connectivity index (χ4v) is 1.57. The first kappa shape index (κ1) is 10.7. The minimum atomic E-state index is -0.240. The van der Waals surface area contributed by atoms with Crippen LogP contribution in [-0.2, 0) is 0 Å². The van der Waals surface area contributed by atoms with Crippen LogP contribution in [0.2, 0.25) is 0 Å². The van der Waals surface area contributed by atoms with E-state index in [1.165, 1.54) is 0 Å². The van der Waals surface area contributed by atoms with Crippen LogP contribution in [0.25, 0.3) is 0 Å². The van der Waals surface area contributed by atoms with Crippen LogP contribution in [0.3, 0.4) is 0 Å². The summed E-state index contributed by atoms with van der Waals surface area (Å²) >= 11 is 0. The third-order valence-electron chi connectivity index (χ3n) is 2.34. The van der Waals surface area contributed by atoms with Gasteiger partial charge in [-0.05, 0) is 24.6 Å². The van der Waals surface area contributed by atoms with E-state index in [0.717, 1.165) is 17.1 Å². The van der Waals surface area contributed by atoms with Gasteiger partial charge in [-0.25, -0.2) is 4.98 Å². The van der Waals surface area contributed by atoms with Crippen molar-refractivity contribution in [1.82, 2.24) is 9.97 Å². The normalized spacial score (nSPS) is 12.4. The number of H-pyrrole nitrogens is 1. The number of benzene rings is 1. The highest BCUT2D eigenvalue weighted by atomic mass is 16.5. The minimum Gasteiger partial charge on any atom is -0.494 e. The summed E-state index contributed by atoms with van der Waals surface area (Å²) in [5.74, 6) is 1.59. The number of nitrogens with one attached hydrogen (secondary N) is 1. The molecule has 3 N–H and O–H groups in total. The van der Waals surface area contributed by atoms with Gasteiger partial charge in [-0.2, -0.15) is 0 Å². The summed E-state index contributed by atoms with van der Waals surface area (Å²) in [5, 5.41) is 0. The number of nitrogens with zero attached hydrogens (tertiary/aromatic N) is 1. The van der Waals surface area contributed by atoms with Crippen molar-refractivity contribution in [3.63, 3.8) is 0 Å². The molecule has 0 radical (unpaired) electrons. The zero-order valence-corrected chi connectivity index (χ0v) is 9.18. The molecule has 1 atom stereocenters. The van der Waals surface area contributed by atoms with Crippen LogP contribution >= 0.6 is 0 Å². The number of ether oxygens (including phenoxy) is 1. The largest absolute Gasteiger partial charge is 0.494 e. The Morgan fingerprint density at radius 3 is 3.06 bits per heavy atom. The molecule has 1 aromatic heterocycles. The lowest BCUT2D eigenvalue weighted by molar-refractivity contribution is 0.340. The number of hydrogen-bond acceptors (Lipinski definition) is 3. The van der Waals surface area contributed by atoms with E-state index in [4.69, 9.17) is 10.5 Å². The molecule has 1 unspecified atom stereocenters. The highest BCUT2D eigenvalue weighted by molar-refractivity contribution is 5.33. The van der Waals surface area contributed by atoms with Crippen LogP contribution in [0.4, 0.5) is 0 Å². The minimum absolute atomic E-state index is 0.240. The molecule has 0 aliphatic carbocycles. The first-order valence-corrected chi connectivity index (χ1v) is 5.29. The lowest BCUT2D eigenvalue weighted by atomic mass is 10.1. The van der Waals surface area contributed by atoms with Crippen LogP contribution in [-0.4, -0.2) is 16.6 Å². The van der Waals surface area contributed by atoms with Crippen molar-refractivity contribution in [3.05, 3.63) is 48.0 Å². The molecule has 0 aliphatic rings. The highest BCUT2D eigenvalue weighted by Gasteiger charge is 2.11. The van der Waals surface area contributed by atoms with E-state index in [1.807, 2.05) is 31.2 Å². The monoisotopic (exact) mass is 217 g/mol. The molecule has 4 heteroatoms. The molecule has 0 amide bonds. The molecular weight excluding hydrogens is 202 g/mol. The van der Waals surface area contributed by atoms with Crippen LogP contribution in [0.5, 0.6) is 5.75 Å². The standard InChI is InChI=1S/C12H15N3O/c1-2-16-10-5-3-4-9(8-10)11(13)12-14-6-7-15-12/h3-8,11H,2,13H2,1H3,(H,14,15). The first-order chi connectivity index (χ1) is 7.81. The molecule has 2 aromatic rings. The summed E-state index contributed by atoms with van der Waals surface area (Å²) in [7, 11) is 0. The van der Waals surface area contributed by atoms with Crippen LogP contribution in [0.15, 0.2) is 36.7 Å². The zero-order chi connectivity index (χ0) is 11.4. The molecule has 0 aliphatic heterocycles. The van der Waals surface area contributed by atoms with Gasteiger partial charge in [0, 0.05) is 12.4 Å². The van der Waals surface area contributed by atoms with E-state index in [-0.39, 0.29) is 6.04 Å². The van der Waals surface area contributed by atoms with Crippen molar-refractivity contribution < 1.29 is 4.74 Å². The predicted octanol–water partition coefficient (Wildman–Crippen LogP) is 1.86. The Morgan fingerprint density at radius 1 is 1.50 bits per heavy atom. The molecule has 84 valence electrons. The van der Waals surface area contributed by atoms with Crippen molar-refractivity contribution in [2.45, 2.75) is 13.0 Å². The van der Waals surface area contributed by atoms with Crippen molar-refractivity contribution in [3.8, 4) is 5.75 Å². The third kappa shape index (κ3) is 2.23. The number of aromatic amines is 1. The molecule has 4 nitrogen and oxygen atoms in total. The molecule has 0 saturated heterocycles. The number of rotatable bonds is 4. The molecule has 0 fully saturated rings. The number of hydrogen-bond donors (Lipinski definition) is 2. The Hall–Kier alpha value is -1.81. The van der Waals surface area contributed by atoms with Gasteiger partial charge in [0.25, 0.3) is 0 Å². The average molecular weight is 217 g/mol. The molecule has 1 aromatic carbocycles. The van der Waals surface area contributed by atoms with Crippen molar-refractivity contribution in [1.29, 1.82) is 0 Å². The molecular formula is C12H15N3O. The highest BCUT2D eigenvalue weighted by Crippen LogP contribution is 2.20. The summed E-state index contributed by atoms with van der Waals surface area (Å²) in [5.41, 5.74) is 7.06. The van der Waals surface area contributed by atoms with E-state index in [2.05, 4.69) is 9.97 Å². The lowest BCUT2D eigenvalue weighted by Crippen LogP contribution is -2.13. The smallest absolute Gasteiger partial charge is 0.127 e. The van der Waals surface area contributed by atoms with Crippen LogP contribution < -0.4 is 10.5 Å². The van der Waals surface area contributed by atoms with Gasteiger partial charge in [-0.1, -0.05) is 12.1 Å². The summed E-state index contributed by atoms with van der Waals surface area (Å²) in [6, 6.07) is 7.52. The van der Waals surface area contributed by atoms with Crippen LogP contribution in [0, 0.1) is 0 Å². The van der Waals surface area contributed by atoms with Crippen molar-refractivity contribution >= 4 is 0 Å².